The molecule has 0 radical (unpaired) electrons. The number of amides is 1. The van der Waals surface area contributed by atoms with Gasteiger partial charge in [-0.2, -0.15) is 0 Å². The number of likely N-dealkylation sites (tertiary alicyclic amines) is 1. The molecule has 1 aliphatic heterocycles. The number of piperidine rings is 1. The Balaban J connectivity index is 1.55. The molecule has 3 heterocycles. The summed E-state index contributed by atoms with van der Waals surface area (Å²) < 4.78 is 1.68. The van der Waals surface area contributed by atoms with Crippen LogP contribution in [0.4, 0.5) is 0 Å². The normalized spacial score (nSPS) is 24.9. The lowest BCUT2D eigenvalue weighted by Gasteiger charge is -2.24. The third-order valence-corrected chi connectivity index (χ3v) is 5.96. The van der Waals surface area contributed by atoms with Crippen molar-refractivity contribution in [2.24, 2.45) is 11.7 Å². The number of benzene rings is 1. The van der Waals surface area contributed by atoms with E-state index in [1.54, 1.807) is 10.6 Å². The fourth-order valence-electron chi connectivity index (χ4n) is 4.24. The van der Waals surface area contributed by atoms with Crippen LogP contribution in [0.5, 0.6) is 0 Å². The molecular weight excluding hydrogens is 364 g/mol. The summed E-state index contributed by atoms with van der Waals surface area (Å²) in [5.74, 6) is 5.89. The fraction of sp³-hybridized carbons (Fsp3) is 0.217. The summed E-state index contributed by atoms with van der Waals surface area (Å²) in [6.07, 6.45) is 2.71. The highest BCUT2D eigenvalue weighted by Gasteiger charge is 2.62. The van der Waals surface area contributed by atoms with Crippen LogP contribution in [0.25, 0.3) is 16.8 Å². The van der Waals surface area contributed by atoms with Crippen LogP contribution < -0.4 is 5.73 Å². The van der Waals surface area contributed by atoms with Crippen molar-refractivity contribution in [2.75, 3.05) is 7.05 Å². The van der Waals surface area contributed by atoms with Crippen molar-refractivity contribution >= 4 is 11.4 Å². The van der Waals surface area contributed by atoms with E-state index in [4.69, 9.17) is 5.73 Å². The molecule has 3 N–H and O–H groups in total. The van der Waals surface area contributed by atoms with Gasteiger partial charge in [0.2, 0.25) is 5.82 Å². The zero-order valence-corrected chi connectivity index (χ0v) is 16.0. The number of rotatable bonds is 2. The second-order valence-corrected chi connectivity index (χ2v) is 7.67. The van der Waals surface area contributed by atoms with Crippen molar-refractivity contribution in [3.8, 4) is 23.1 Å². The van der Waals surface area contributed by atoms with Gasteiger partial charge in [-0.25, -0.2) is 4.98 Å². The summed E-state index contributed by atoms with van der Waals surface area (Å²) in [6.45, 7) is 4.02. The Morgan fingerprint density at radius 3 is 2.90 bits per heavy atom. The number of fused-ring (bicyclic) bond motifs is 2. The van der Waals surface area contributed by atoms with Crippen molar-refractivity contribution in [3.63, 3.8) is 0 Å². The van der Waals surface area contributed by atoms with Gasteiger partial charge in [-0.05, 0) is 30.7 Å². The lowest BCUT2D eigenvalue weighted by molar-refractivity contribution is 0.0990. The predicted molar refractivity (Wildman–Crippen MR) is 110 cm³/mol. The van der Waals surface area contributed by atoms with Crippen molar-refractivity contribution < 1.29 is 9.90 Å². The first-order valence-corrected chi connectivity index (χ1v) is 9.45. The van der Waals surface area contributed by atoms with Gasteiger partial charge >= 0.3 is 0 Å². The van der Waals surface area contributed by atoms with Crippen LogP contribution in [0.2, 0.25) is 0 Å². The molecule has 2 fully saturated rings. The van der Waals surface area contributed by atoms with Gasteiger partial charge in [0.05, 0.1) is 16.9 Å². The molecule has 0 spiro atoms. The van der Waals surface area contributed by atoms with Gasteiger partial charge in [0.1, 0.15) is 0 Å². The zero-order valence-electron chi connectivity index (χ0n) is 16.0. The number of primary amides is 1. The molecule has 3 aromatic rings. The minimum atomic E-state index is -1.17. The number of hydrogen-bond donors (Lipinski definition) is 2. The van der Waals surface area contributed by atoms with E-state index in [1.807, 2.05) is 54.4 Å². The second-order valence-electron chi connectivity index (χ2n) is 7.67. The molecular formula is C23H20N4O2. The van der Waals surface area contributed by atoms with Gasteiger partial charge in [-0.3, -0.25) is 9.20 Å². The lowest BCUT2D eigenvalue weighted by Crippen LogP contribution is -2.32. The molecule has 1 amide bonds. The number of imidazole rings is 1. The van der Waals surface area contributed by atoms with Crippen LogP contribution in [0.3, 0.4) is 0 Å². The summed E-state index contributed by atoms with van der Waals surface area (Å²) in [6, 6.07) is 13.5. The number of pyridine rings is 1. The molecule has 1 aromatic carbocycles. The van der Waals surface area contributed by atoms with E-state index in [1.165, 1.54) is 0 Å². The maximum Gasteiger partial charge on any atom is 0.285 e. The number of carbonyl (C=O) groups is 1. The number of aromatic nitrogens is 2. The third-order valence-electron chi connectivity index (χ3n) is 5.96. The molecule has 3 atom stereocenters. The Labute approximate surface area is 168 Å². The van der Waals surface area contributed by atoms with Crippen LogP contribution in [-0.2, 0) is 0 Å². The quantitative estimate of drug-likeness (QED) is 0.662. The average Bonchev–Trinajstić information content (AvgIpc) is 3.40. The smallest absolute Gasteiger partial charge is 0.285 e. The standard InChI is InChI=1S/C23H20N4O2/c1-14-23(29,17-13-19(17)26(14)2)10-9-15-6-5-7-16(12-15)20-18-8-3-4-11-27(18)22(25-20)21(24)28/h3-8,11-12,17,19,29H,1,13H2,2H3,(H2,24,28)/t17-,19+,23+/m0/s1. The molecule has 144 valence electrons. The topological polar surface area (TPSA) is 83.9 Å². The van der Waals surface area contributed by atoms with E-state index in [0.717, 1.165) is 23.1 Å². The molecule has 6 nitrogen and oxygen atoms in total. The van der Waals surface area contributed by atoms with Gasteiger partial charge < -0.3 is 15.7 Å². The van der Waals surface area contributed by atoms with Gasteiger partial charge in [0.25, 0.3) is 5.91 Å². The van der Waals surface area contributed by atoms with Crippen molar-refractivity contribution in [3.05, 3.63) is 72.3 Å². The van der Waals surface area contributed by atoms with Crippen LogP contribution in [0.1, 0.15) is 22.6 Å². The maximum atomic E-state index is 11.8. The van der Waals surface area contributed by atoms with Crippen LogP contribution in [0.15, 0.2) is 60.9 Å². The summed E-state index contributed by atoms with van der Waals surface area (Å²) >= 11 is 0. The maximum absolute atomic E-state index is 11.8. The predicted octanol–water partition coefficient (Wildman–Crippen LogP) is 2.03. The highest BCUT2D eigenvalue weighted by Crippen LogP contribution is 2.54. The SMILES string of the molecule is C=C1N(C)[C@@H]2C[C@@H]2[C@@]1(O)C#Cc1cccc(-c2nc(C(N)=O)n3ccccc23)c1. The van der Waals surface area contributed by atoms with E-state index in [-0.39, 0.29) is 11.7 Å². The summed E-state index contributed by atoms with van der Waals surface area (Å²) in [4.78, 5) is 18.3. The largest absolute Gasteiger partial charge is 0.372 e. The number of carbonyl (C=O) groups excluding carboxylic acids is 1. The first-order chi connectivity index (χ1) is 13.9. The van der Waals surface area contributed by atoms with Gasteiger partial charge in [-0.1, -0.05) is 36.6 Å². The highest BCUT2D eigenvalue weighted by molar-refractivity contribution is 5.93. The molecule has 0 bridgehead atoms. The van der Waals surface area contributed by atoms with Crippen LogP contribution >= 0.6 is 0 Å². The average molecular weight is 384 g/mol. The van der Waals surface area contributed by atoms with E-state index >= 15 is 0 Å². The number of nitrogens with two attached hydrogens (primary N) is 1. The van der Waals surface area contributed by atoms with E-state index in [9.17, 15) is 9.90 Å². The molecule has 6 heteroatoms. The molecule has 1 aliphatic carbocycles. The van der Waals surface area contributed by atoms with Gasteiger partial charge in [0, 0.05) is 36.3 Å². The van der Waals surface area contributed by atoms with Crippen molar-refractivity contribution in [1.29, 1.82) is 0 Å². The monoisotopic (exact) mass is 384 g/mol. The molecule has 0 unspecified atom stereocenters. The molecule has 5 rings (SSSR count). The lowest BCUT2D eigenvalue weighted by atomic mass is 9.96. The summed E-state index contributed by atoms with van der Waals surface area (Å²) in [7, 11) is 1.95. The molecule has 2 aliphatic rings. The summed E-state index contributed by atoms with van der Waals surface area (Å²) in [5.41, 5.74) is 8.01. The van der Waals surface area contributed by atoms with Crippen molar-refractivity contribution in [1.82, 2.24) is 14.3 Å². The minimum Gasteiger partial charge on any atom is -0.372 e. The highest BCUT2D eigenvalue weighted by atomic mass is 16.3. The van der Waals surface area contributed by atoms with Gasteiger partial charge in [-0.15, -0.1) is 0 Å². The number of nitrogens with zero attached hydrogens (tertiary/aromatic N) is 3. The number of aliphatic hydroxyl groups is 1. The first-order valence-electron chi connectivity index (χ1n) is 9.45. The minimum absolute atomic E-state index is 0.130. The molecule has 2 aromatic heterocycles. The second kappa shape index (κ2) is 5.97. The van der Waals surface area contributed by atoms with Crippen LogP contribution in [-0.4, -0.2) is 44.0 Å². The van der Waals surface area contributed by atoms with Crippen molar-refractivity contribution in [2.45, 2.75) is 18.1 Å². The van der Waals surface area contributed by atoms with E-state index < -0.39 is 11.5 Å². The number of likely N-dealkylation sites (N-methyl/N-ethyl adjacent to an activating group) is 1. The van der Waals surface area contributed by atoms with Gasteiger partial charge in [0.15, 0.2) is 5.60 Å². The van der Waals surface area contributed by atoms with Crippen LogP contribution in [0, 0.1) is 17.8 Å². The first kappa shape index (κ1) is 17.5. The zero-order chi connectivity index (χ0) is 20.3. The Morgan fingerprint density at radius 1 is 1.34 bits per heavy atom. The van der Waals surface area contributed by atoms with E-state index in [2.05, 4.69) is 23.4 Å². The Kier molecular flexibility index (Phi) is 3.61. The molecule has 29 heavy (non-hydrogen) atoms. The molecule has 1 saturated carbocycles. The Morgan fingerprint density at radius 2 is 2.17 bits per heavy atom. The fourth-order valence-corrected chi connectivity index (χ4v) is 4.24. The molecule has 1 saturated heterocycles. The van der Waals surface area contributed by atoms with E-state index in [0.29, 0.717) is 17.4 Å². The Hall–Kier alpha value is -3.56. The number of hydrogen-bond acceptors (Lipinski definition) is 4. The third kappa shape index (κ3) is 2.55. The Bertz CT molecular complexity index is 1250. The summed E-state index contributed by atoms with van der Waals surface area (Å²) in [5, 5.41) is 11.0.